The molecule has 0 unspecified atom stereocenters. The lowest BCUT2D eigenvalue weighted by Gasteiger charge is -2.16. The van der Waals surface area contributed by atoms with Crippen molar-refractivity contribution in [3.63, 3.8) is 0 Å². The van der Waals surface area contributed by atoms with Gasteiger partial charge >= 0.3 is 0 Å². The zero-order valence-corrected chi connectivity index (χ0v) is 18.8. The van der Waals surface area contributed by atoms with Gasteiger partial charge in [0.1, 0.15) is 5.82 Å². The number of nitrogens with zero attached hydrogens (tertiary/aromatic N) is 3. The van der Waals surface area contributed by atoms with Gasteiger partial charge in [-0.1, -0.05) is 18.2 Å². The number of hydrogen-bond donors (Lipinski definition) is 1. The number of fused-ring (bicyclic) bond motifs is 1. The Hall–Kier alpha value is -3.04. The minimum atomic E-state index is -3.64. The first-order valence-electron chi connectivity index (χ1n) is 10.4. The van der Waals surface area contributed by atoms with Gasteiger partial charge in [0.15, 0.2) is 5.69 Å². The Labute approximate surface area is 186 Å². The second kappa shape index (κ2) is 8.84. The summed E-state index contributed by atoms with van der Waals surface area (Å²) in [5.41, 5.74) is 3.39. The lowest BCUT2D eigenvalue weighted by molar-refractivity contribution is 0.0944. The zero-order chi connectivity index (χ0) is 22.9. The molecule has 32 heavy (non-hydrogen) atoms. The standard InChI is InChI=1S/C23H25FN4O3S/c1-27(2)32(30,31)21-10-6-3-7-16(21)15-25-23(29)22-19-8-4-5-9-20(19)28(26-22)18-13-11-17(24)12-14-18/h3,6-7,10-14H,4-5,8-9,15H2,1-2H3,(H,25,29). The number of hydrogen-bond acceptors (Lipinski definition) is 4. The second-order valence-corrected chi connectivity index (χ2v) is 10.1. The lowest BCUT2D eigenvalue weighted by atomic mass is 9.95. The van der Waals surface area contributed by atoms with Crippen molar-refractivity contribution in [1.29, 1.82) is 0 Å². The second-order valence-electron chi connectivity index (χ2n) is 7.95. The van der Waals surface area contributed by atoms with Crippen molar-refractivity contribution in [1.82, 2.24) is 19.4 Å². The molecule has 1 heterocycles. The molecule has 4 rings (SSSR count). The molecule has 3 aromatic rings. The van der Waals surface area contributed by atoms with Gasteiger partial charge in [-0.25, -0.2) is 21.8 Å². The molecule has 1 N–H and O–H groups in total. The first-order chi connectivity index (χ1) is 15.3. The predicted octanol–water partition coefficient (Wildman–Crippen LogP) is 3.07. The molecular weight excluding hydrogens is 431 g/mol. The molecule has 0 atom stereocenters. The maximum absolute atomic E-state index is 13.4. The van der Waals surface area contributed by atoms with Crippen molar-refractivity contribution in [3.05, 3.63) is 76.9 Å². The molecule has 0 saturated heterocycles. The van der Waals surface area contributed by atoms with Crippen LogP contribution in [0.4, 0.5) is 4.39 Å². The number of rotatable bonds is 6. The number of carbonyl (C=O) groups excluding carboxylic acids is 1. The van der Waals surface area contributed by atoms with E-state index in [0.717, 1.165) is 41.2 Å². The van der Waals surface area contributed by atoms with Crippen LogP contribution in [0.2, 0.25) is 0 Å². The summed E-state index contributed by atoms with van der Waals surface area (Å²) in [7, 11) is -0.696. The van der Waals surface area contributed by atoms with Crippen molar-refractivity contribution >= 4 is 15.9 Å². The summed E-state index contributed by atoms with van der Waals surface area (Å²) in [4.78, 5) is 13.2. The molecule has 0 aliphatic heterocycles. The molecule has 1 aliphatic carbocycles. The van der Waals surface area contributed by atoms with Gasteiger partial charge in [-0.15, -0.1) is 0 Å². The lowest BCUT2D eigenvalue weighted by Crippen LogP contribution is -2.28. The molecule has 1 aromatic heterocycles. The van der Waals surface area contributed by atoms with Crippen LogP contribution in [0.5, 0.6) is 0 Å². The third-order valence-corrected chi connectivity index (χ3v) is 7.55. The van der Waals surface area contributed by atoms with Gasteiger partial charge < -0.3 is 5.32 Å². The molecule has 0 saturated carbocycles. The maximum atomic E-state index is 13.4. The molecule has 2 aromatic carbocycles. The van der Waals surface area contributed by atoms with Crippen LogP contribution in [0.3, 0.4) is 0 Å². The quantitative estimate of drug-likeness (QED) is 0.618. The summed E-state index contributed by atoms with van der Waals surface area (Å²) >= 11 is 0. The van der Waals surface area contributed by atoms with Gasteiger partial charge in [-0.3, -0.25) is 4.79 Å². The van der Waals surface area contributed by atoms with E-state index in [9.17, 15) is 17.6 Å². The van der Waals surface area contributed by atoms with Crippen LogP contribution >= 0.6 is 0 Å². The van der Waals surface area contributed by atoms with Gasteiger partial charge in [0, 0.05) is 31.9 Å². The van der Waals surface area contributed by atoms with Crippen molar-refractivity contribution in [3.8, 4) is 5.69 Å². The molecule has 1 aliphatic rings. The number of sulfonamides is 1. The van der Waals surface area contributed by atoms with Crippen LogP contribution in [0.15, 0.2) is 53.4 Å². The van der Waals surface area contributed by atoms with Crippen LogP contribution in [-0.2, 0) is 29.4 Å². The normalized spacial score (nSPS) is 13.8. The highest BCUT2D eigenvalue weighted by Crippen LogP contribution is 2.27. The van der Waals surface area contributed by atoms with E-state index in [0.29, 0.717) is 16.9 Å². The summed E-state index contributed by atoms with van der Waals surface area (Å²) in [6.45, 7) is 0.0558. The number of nitrogens with one attached hydrogen (secondary N) is 1. The number of benzene rings is 2. The van der Waals surface area contributed by atoms with E-state index in [1.54, 1.807) is 35.0 Å². The highest BCUT2D eigenvalue weighted by molar-refractivity contribution is 7.89. The number of aromatic nitrogens is 2. The Balaban J connectivity index is 1.62. The topological polar surface area (TPSA) is 84.3 Å². The Kier molecular flexibility index (Phi) is 6.12. The Bertz CT molecular complexity index is 1250. The Morgan fingerprint density at radius 3 is 2.50 bits per heavy atom. The summed E-state index contributed by atoms with van der Waals surface area (Å²) in [6.07, 6.45) is 3.49. The number of amides is 1. The molecule has 0 radical (unpaired) electrons. The van der Waals surface area contributed by atoms with Gasteiger partial charge in [-0.2, -0.15) is 5.10 Å². The van der Waals surface area contributed by atoms with E-state index in [4.69, 9.17) is 0 Å². The minimum absolute atomic E-state index is 0.0558. The largest absolute Gasteiger partial charge is 0.347 e. The fourth-order valence-corrected chi connectivity index (χ4v) is 5.05. The molecule has 1 amide bonds. The molecule has 9 heteroatoms. The molecule has 0 bridgehead atoms. The van der Waals surface area contributed by atoms with E-state index in [2.05, 4.69) is 10.4 Å². The third-order valence-electron chi connectivity index (χ3n) is 5.64. The van der Waals surface area contributed by atoms with Gasteiger partial charge in [0.05, 0.1) is 10.6 Å². The van der Waals surface area contributed by atoms with E-state index < -0.39 is 10.0 Å². The van der Waals surface area contributed by atoms with Crippen LogP contribution in [-0.4, -0.2) is 42.5 Å². The first kappa shape index (κ1) is 22.2. The molecule has 0 fully saturated rings. The fraction of sp³-hybridized carbons (Fsp3) is 0.304. The van der Waals surface area contributed by atoms with Crippen LogP contribution < -0.4 is 5.32 Å². The SMILES string of the molecule is CN(C)S(=O)(=O)c1ccccc1CNC(=O)c1nn(-c2ccc(F)cc2)c2c1CCCC2. The third kappa shape index (κ3) is 4.18. The summed E-state index contributed by atoms with van der Waals surface area (Å²) < 4.78 is 41.5. The molecular formula is C23H25FN4O3S. The first-order valence-corrected chi connectivity index (χ1v) is 11.9. The van der Waals surface area contributed by atoms with Gasteiger partial charge in [0.25, 0.3) is 5.91 Å². The number of carbonyl (C=O) groups is 1. The fourth-order valence-electron chi connectivity index (χ4n) is 3.93. The maximum Gasteiger partial charge on any atom is 0.272 e. The van der Waals surface area contributed by atoms with E-state index in [1.165, 1.54) is 32.3 Å². The Morgan fingerprint density at radius 2 is 1.78 bits per heavy atom. The van der Waals surface area contributed by atoms with Crippen LogP contribution in [0.1, 0.15) is 40.2 Å². The smallest absolute Gasteiger partial charge is 0.272 e. The van der Waals surface area contributed by atoms with Gasteiger partial charge in [-0.05, 0) is 61.6 Å². The average molecular weight is 457 g/mol. The predicted molar refractivity (Wildman–Crippen MR) is 119 cm³/mol. The van der Waals surface area contributed by atoms with Crippen LogP contribution in [0, 0.1) is 5.82 Å². The highest BCUT2D eigenvalue weighted by atomic mass is 32.2. The summed E-state index contributed by atoms with van der Waals surface area (Å²) in [5, 5.41) is 7.39. The minimum Gasteiger partial charge on any atom is -0.347 e. The average Bonchev–Trinajstić information content (AvgIpc) is 3.18. The molecule has 168 valence electrons. The summed E-state index contributed by atoms with van der Waals surface area (Å²) in [6, 6.07) is 12.6. The van der Waals surface area contributed by atoms with E-state index >= 15 is 0 Å². The Morgan fingerprint density at radius 1 is 1.09 bits per heavy atom. The van der Waals surface area contributed by atoms with Crippen molar-refractivity contribution in [2.45, 2.75) is 37.1 Å². The number of halogens is 1. The monoisotopic (exact) mass is 456 g/mol. The zero-order valence-electron chi connectivity index (χ0n) is 18.0. The van der Waals surface area contributed by atoms with Gasteiger partial charge in [0.2, 0.25) is 10.0 Å². The summed E-state index contributed by atoms with van der Waals surface area (Å²) in [5.74, 6) is -0.694. The van der Waals surface area contributed by atoms with Crippen molar-refractivity contribution in [2.24, 2.45) is 0 Å². The highest BCUT2D eigenvalue weighted by Gasteiger charge is 2.26. The molecule has 7 nitrogen and oxygen atoms in total. The molecule has 0 spiro atoms. The van der Waals surface area contributed by atoms with Crippen LogP contribution in [0.25, 0.3) is 5.69 Å². The van der Waals surface area contributed by atoms with E-state index in [1.807, 2.05) is 0 Å². The van der Waals surface area contributed by atoms with Crippen molar-refractivity contribution in [2.75, 3.05) is 14.1 Å². The van der Waals surface area contributed by atoms with E-state index in [-0.39, 0.29) is 23.2 Å². The van der Waals surface area contributed by atoms with Crippen molar-refractivity contribution < 1.29 is 17.6 Å².